The molecular formula is C14H18NO5P. The minimum Gasteiger partial charge on any atom is -0.404 e. The van der Waals surface area contributed by atoms with E-state index in [1.807, 2.05) is 18.2 Å². The van der Waals surface area contributed by atoms with Gasteiger partial charge in [0.05, 0.1) is 19.3 Å². The second-order valence-electron chi connectivity index (χ2n) is 4.91. The predicted octanol–water partition coefficient (Wildman–Crippen LogP) is 2.96. The summed E-state index contributed by atoms with van der Waals surface area (Å²) in [5.41, 5.74) is 0.861. The van der Waals surface area contributed by atoms with Crippen LogP contribution in [0.25, 0.3) is 0 Å². The number of para-hydroxylation sites is 1. The maximum absolute atomic E-state index is 12.4. The van der Waals surface area contributed by atoms with Crippen LogP contribution in [0.15, 0.2) is 37.0 Å². The Bertz CT molecular complexity index is 564. The summed E-state index contributed by atoms with van der Waals surface area (Å²) in [5, 5.41) is 2.99. The van der Waals surface area contributed by atoms with Crippen molar-refractivity contribution in [3.63, 3.8) is 0 Å². The van der Waals surface area contributed by atoms with E-state index in [0.717, 1.165) is 18.4 Å². The van der Waals surface area contributed by atoms with Crippen LogP contribution in [-0.4, -0.2) is 18.9 Å². The van der Waals surface area contributed by atoms with Gasteiger partial charge in [0.15, 0.2) is 0 Å². The van der Waals surface area contributed by atoms with Crippen molar-refractivity contribution in [3.05, 3.63) is 42.6 Å². The summed E-state index contributed by atoms with van der Waals surface area (Å²) < 4.78 is 34.1. The quantitative estimate of drug-likeness (QED) is 0.843. The average molecular weight is 311 g/mol. The van der Waals surface area contributed by atoms with E-state index >= 15 is 0 Å². The number of ether oxygens (including phenoxy) is 1. The number of hydrogen-bond donors (Lipinski definition) is 1. The number of phosphoric acid groups is 1. The average Bonchev–Trinajstić information content (AvgIpc) is 2.93. The summed E-state index contributed by atoms with van der Waals surface area (Å²) in [6.07, 6.45) is 3.08. The summed E-state index contributed by atoms with van der Waals surface area (Å²) in [6, 6.07) is 7.32. The summed E-state index contributed by atoms with van der Waals surface area (Å²) in [7, 11) is -3.55. The lowest BCUT2D eigenvalue weighted by molar-refractivity contribution is -0.000714. The molecule has 1 N–H and O–H groups in total. The first-order chi connectivity index (χ1) is 10.2. The summed E-state index contributed by atoms with van der Waals surface area (Å²) in [6.45, 7) is 3.99. The van der Waals surface area contributed by atoms with Gasteiger partial charge in [0.1, 0.15) is 12.0 Å². The van der Waals surface area contributed by atoms with E-state index < -0.39 is 7.82 Å². The second kappa shape index (κ2) is 6.20. The lowest BCUT2D eigenvalue weighted by Crippen LogP contribution is -2.25. The largest absolute Gasteiger partial charge is 0.530 e. The molecule has 0 amide bonds. The van der Waals surface area contributed by atoms with Crippen molar-refractivity contribution in [1.82, 2.24) is 5.32 Å². The molecule has 3 atom stereocenters. The number of benzene rings is 1. The lowest BCUT2D eigenvalue weighted by Gasteiger charge is -2.25. The van der Waals surface area contributed by atoms with E-state index in [2.05, 4.69) is 11.9 Å². The summed E-state index contributed by atoms with van der Waals surface area (Å²) in [5.74, 6) is 0.547. The van der Waals surface area contributed by atoms with Crippen LogP contribution in [0.1, 0.15) is 18.4 Å². The molecule has 0 bridgehead atoms. The molecule has 3 rings (SSSR count). The van der Waals surface area contributed by atoms with Crippen molar-refractivity contribution in [2.24, 2.45) is 0 Å². The normalized spacial score (nSPS) is 31.2. The monoisotopic (exact) mass is 311 g/mol. The Morgan fingerprint density at radius 3 is 3.14 bits per heavy atom. The Labute approximate surface area is 123 Å². The van der Waals surface area contributed by atoms with E-state index in [1.165, 1.54) is 0 Å². The van der Waals surface area contributed by atoms with Crippen LogP contribution in [0, 0.1) is 0 Å². The zero-order valence-corrected chi connectivity index (χ0v) is 12.5. The van der Waals surface area contributed by atoms with E-state index in [1.54, 1.807) is 12.3 Å². The molecule has 1 aromatic rings. The van der Waals surface area contributed by atoms with Crippen LogP contribution in [0.5, 0.6) is 5.75 Å². The van der Waals surface area contributed by atoms with Gasteiger partial charge in [-0.15, -0.1) is 0 Å². The fourth-order valence-electron chi connectivity index (χ4n) is 2.33. The highest BCUT2D eigenvalue weighted by Gasteiger charge is 2.36. The standard InChI is InChI=1S/C14H18NO5P/c1-2-15-14-8-7-12(19-14)10-18-21(16)17-9-11-5-3-4-6-13(11)20-21/h2-6,12,14-15H,1,7-10H2. The Balaban J connectivity index is 1.54. The molecule has 3 unspecified atom stereocenters. The molecule has 0 aliphatic carbocycles. The number of nitrogens with one attached hydrogen (secondary N) is 1. The highest BCUT2D eigenvalue weighted by Crippen LogP contribution is 2.54. The number of hydrogen-bond acceptors (Lipinski definition) is 6. The molecule has 2 heterocycles. The minimum absolute atomic E-state index is 0.0639. The van der Waals surface area contributed by atoms with Gasteiger partial charge in [0, 0.05) is 5.56 Å². The van der Waals surface area contributed by atoms with Crippen molar-refractivity contribution in [3.8, 4) is 5.75 Å². The molecule has 1 saturated heterocycles. The van der Waals surface area contributed by atoms with E-state index in [-0.39, 0.29) is 25.5 Å². The van der Waals surface area contributed by atoms with Crippen molar-refractivity contribution in [2.75, 3.05) is 6.61 Å². The molecule has 1 fully saturated rings. The lowest BCUT2D eigenvalue weighted by atomic mass is 10.2. The maximum Gasteiger partial charge on any atom is 0.530 e. The fraction of sp³-hybridized carbons (Fsp3) is 0.429. The van der Waals surface area contributed by atoms with Gasteiger partial charge < -0.3 is 14.6 Å². The Kier molecular flexibility index (Phi) is 4.31. The molecule has 0 aromatic heterocycles. The molecular weight excluding hydrogens is 293 g/mol. The third kappa shape index (κ3) is 3.47. The van der Waals surface area contributed by atoms with Crippen molar-refractivity contribution in [1.29, 1.82) is 0 Å². The Morgan fingerprint density at radius 1 is 1.43 bits per heavy atom. The van der Waals surface area contributed by atoms with Gasteiger partial charge in [-0.05, 0) is 25.1 Å². The van der Waals surface area contributed by atoms with Gasteiger partial charge in [-0.2, -0.15) is 0 Å². The SMILES string of the molecule is C=CNC1CCC(COP2(=O)OCc3ccccc3O2)O1. The fourth-order valence-corrected chi connectivity index (χ4v) is 3.57. The molecule has 1 aromatic carbocycles. The van der Waals surface area contributed by atoms with E-state index in [9.17, 15) is 4.57 Å². The third-order valence-electron chi connectivity index (χ3n) is 3.39. The Hall–Kier alpha value is -1.33. The molecule has 0 radical (unpaired) electrons. The minimum atomic E-state index is -3.55. The molecule has 7 heteroatoms. The second-order valence-corrected chi connectivity index (χ2v) is 6.50. The number of rotatable bonds is 5. The summed E-state index contributed by atoms with van der Waals surface area (Å²) >= 11 is 0. The van der Waals surface area contributed by atoms with Crippen LogP contribution in [0.4, 0.5) is 0 Å². The van der Waals surface area contributed by atoms with Crippen LogP contribution in [-0.2, 0) is 25.0 Å². The molecule has 0 spiro atoms. The van der Waals surface area contributed by atoms with Crippen molar-refractivity contribution < 1.29 is 22.9 Å². The van der Waals surface area contributed by atoms with Gasteiger partial charge in [0.25, 0.3) is 0 Å². The van der Waals surface area contributed by atoms with Gasteiger partial charge in [-0.3, -0.25) is 9.05 Å². The Morgan fingerprint density at radius 2 is 2.29 bits per heavy atom. The van der Waals surface area contributed by atoms with Gasteiger partial charge in [-0.1, -0.05) is 24.8 Å². The van der Waals surface area contributed by atoms with Crippen LogP contribution in [0.2, 0.25) is 0 Å². The van der Waals surface area contributed by atoms with Crippen LogP contribution < -0.4 is 9.84 Å². The van der Waals surface area contributed by atoms with Gasteiger partial charge >= 0.3 is 7.82 Å². The molecule has 2 aliphatic heterocycles. The number of phosphoric ester groups is 1. The predicted molar refractivity (Wildman–Crippen MR) is 76.6 cm³/mol. The topological polar surface area (TPSA) is 66.0 Å². The first-order valence-corrected chi connectivity index (χ1v) is 8.34. The number of fused-ring (bicyclic) bond motifs is 1. The molecule has 0 saturated carbocycles. The van der Waals surface area contributed by atoms with Gasteiger partial charge in [0.2, 0.25) is 0 Å². The van der Waals surface area contributed by atoms with Crippen LogP contribution in [0.3, 0.4) is 0 Å². The maximum atomic E-state index is 12.4. The van der Waals surface area contributed by atoms with Crippen molar-refractivity contribution >= 4 is 7.82 Å². The van der Waals surface area contributed by atoms with Crippen LogP contribution >= 0.6 is 7.82 Å². The van der Waals surface area contributed by atoms with E-state index in [4.69, 9.17) is 18.3 Å². The van der Waals surface area contributed by atoms with E-state index in [0.29, 0.717) is 5.75 Å². The molecule has 114 valence electrons. The first kappa shape index (κ1) is 14.6. The molecule has 21 heavy (non-hydrogen) atoms. The zero-order valence-electron chi connectivity index (χ0n) is 11.6. The van der Waals surface area contributed by atoms with Crippen molar-refractivity contribution in [2.45, 2.75) is 31.8 Å². The highest BCUT2D eigenvalue weighted by molar-refractivity contribution is 7.49. The summed E-state index contributed by atoms with van der Waals surface area (Å²) in [4.78, 5) is 0. The smallest absolute Gasteiger partial charge is 0.404 e. The van der Waals surface area contributed by atoms with Gasteiger partial charge in [-0.25, -0.2) is 4.57 Å². The zero-order chi connectivity index (χ0) is 14.7. The third-order valence-corrected chi connectivity index (χ3v) is 4.72. The molecule has 6 nitrogen and oxygen atoms in total. The first-order valence-electron chi connectivity index (χ1n) is 6.87. The molecule has 2 aliphatic rings. The highest BCUT2D eigenvalue weighted by atomic mass is 31.2.